The largest absolute Gasteiger partial charge is 0.505 e. The first kappa shape index (κ1) is 13.7. The summed E-state index contributed by atoms with van der Waals surface area (Å²) in [6.07, 6.45) is 8.09. The molecule has 0 saturated heterocycles. The minimum atomic E-state index is 0.145. The van der Waals surface area contributed by atoms with Crippen molar-refractivity contribution in [2.24, 2.45) is 17.3 Å². The lowest BCUT2D eigenvalue weighted by molar-refractivity contribution is 0.333. The third kappa shape index (κ3) is 2.08. The highest BCUT2D eigenvalue weighted by atomic mass is 16.5. The molecular formula is C19H24O. The van der Waals surface area contributed by atoms with Gasteiger partial charge in [-0.2, -0.15) is 0 Å². The van der Waals surface area contributed by atoms with Crippen molar-refractivity contribution in [1.82, 2.24) is 0 Å². The number of benzene rings is 1. The first-order chi connectivity index (χ1) is 9.66. The second-order valence-electron chi connectivity index (χ2n) is 6.54. The molecule has 0 aromatic heterocycles. The molecule has 2 aliphatic carbocycles. The summed E-state index contributed by atoms with van der Waals surface area (Å²) < 4.78 is 5.18. The van der Waals surface area contributed by atoms with Crippen molar-refractivity contribution in [2.45, 2.75) is 33.1 Å². The maximum Gasteiger partial charge on any atom is 0.0790 e. The third-order valence-corrected chi connectivity index (χ3v) is 5.15. The molecule has 0 bridgehead atoms. The fraction of sp³-hybridized carbons (Fsp3) is 0.474. The smallest absolute Gasteiger partial charge is 0.0790 e. The Morgan fingerprint density at radius 2 is 1.80 bits per heavy atom. The van der Waals surface area contributed by atoms with Crippen LogP contribution in [0, 0.1) is 29.1 Å². The van der Waals surface area contributed by atoms with Gasteiger partial charge < -0.3 is 4.74 Å². The van der Waals surface area contributed by atoms with Crippen LogP contribution in [0.25, 0.3) is 0 Å². The van der Waals surface area contributed by atoms with Crippen LogP contribution in [-0.4, -0.2) is 7.11 Å². The lowest BCUT2D eigenvalue weighted by Crippen LogP contribution is -2.25. The van der Waals surface area contributed by atoms with Gasteiger partial charge >= 0.3 is 0 Å². The van der Waals surface area contributed by atoms with Gasteiger partial charge in [0.1, 0.15) is 0 Å². The molecule has 2 saturated carbocycles. The van der Waals surface area contributed by atoms with E-state index in [9.17, 15) is 0 Å². The number of methoxy groups -OCH3 is 1. The number of fused-ring (bicyclic) bond motifs is 1. The van der Waals surface area contributed by atoms with Gasteiger partial charge in [0.25, 0.3) is 0 Å². The van der Waals surface area contributed by atoms with Gasteiger partial charge in [-0.05, 0) is 41.7 Å². The van der Waals surface area contributed by atoms with Crippen LogP contribution < -0.4 is 0 Å². The predicted molar refractivity (Wildman–Crippen MR) is 82.8 cm³/mol. The van der Waals surface area contributed by atoms with Crippen molar-refractivity contribution in [1.29, 1.82) is 0 Å². The van der Waals surface area contributed by atoms with E-state index in [1.165, 1.54) is 24.8 Å². The lowest BCUT2D eigenvalue weighted by Gasteiger charge is -2.33. The van der Waals surface area contributed by atoms with E-state index in [1.807, 2.05) is 6.26 Å². The molecule has 0 spiro atoms. The van der Waals surface area contributed by atoms with Gasteiger partial charge in [-0.25, -0.2) is 0 Å². The number of ether oxygens (including phenoxy) is 1. The average Bonchev–Trinajstić information content (AvgIpc) is 2.95. The average molecular weight is 268 g/mol. The van der Waals surface area contributed by atoms with E-state index in [2.05, 4.69) is 50.3 Å². The summed E-state index contributed by atoms with van der Waals surface area (Å²) in [5.41, 5.74) is 1.57. The van der Waals surface area contributed by atoms with Crippen molar-refractivity contribution in [3.05, 3.63) is 60.1 Å². The molecule has 0 heterocycles. The normalized spacial score (nSPS) is 29.9. The van der Waals surface area contributed by atoms with Gasteiger partial charge in [0.2, 0.25) is 0 Å². The summed E-state index contributed by atoms with van der Waals surface area (Å²) in [5.74, 6) is 4.63. The van der Waals surface area contributed by atoms with Crippen LogP contribution in [0.2, 0.25) is 0 Å². The monoisotopic (exact) mass is 268 g/mol. The highest BCUT2D eigenvalue weighted by Crippen LogP contribution is 2.64. The quantitative estimate of drug-likeness (QED) is 0.715. The fourth-order valence-electron chi connectivity index (χ4n) is 4.43. The first-order valence-electron chi connectivity index (χ1n) is 7.65. The second-order valence-corrected chi connectivity index (χ2v) is 6.54. The van der Waals surface area contributed by atoms with Gasteiger partial charge in [0.05, 0.1) is 13.4 Å². The van der Waals surface area contributed by atoms with Gasteiger partial charge in [-0.15, -0.1) is 0 Å². The van der Waals surface area contributed by atoms with E-state index in [-0.39, 0.29) is 5.41 Å². The predicted octanol–water partition coefficient (Wildman–Crippen LogP) is 4.80. The van der Waals surface area contributed by atoms with Crippen molar-refractivity contribution in [2.75, 3.05) is 7.11 Å². The summed E-state index contributed by atoms with van der Waals surface area (Å²) >= 11 is 0. The Balaban J connectivity index is 1.99. The molecule has 2 fully saturated rings. The summed E-state index contributed by atoms with van der Waals surface area (Å²) in [7, 11) is 1.73. The van der Waals surface area contributed by atoms with Gasteiger partial charge in [0, 0.05) is 11.8 Å². The zero-order valence-electron chi connectivity index (χ0n) is 12.7. The molecule has 0 aliphatic heterocycles. The lowest BCUT2D eigenvalue weighted by atomic mass is 9.70. The van der Waals surface area contributed by atoms with Crippen LogP contribution in [0.15, 0.2) is 42.7 Å². The Morgan fingerprint density at radius 1 is 1.10 bits per heavy atom. The van der Waals surface area contributed by atoms with E-state index in [0.29, 0.717) is 5.92 Å². The first-order valence-corrected chi connectivity index (χ1v) is 7.65. The molecule has 106 valence electrons. The second kappa shape index (κ2) is 5.27. The summed E-state index contributed by atoms with van der Waals surface area (Å²) in [6.45, 7) is 4.76. The zero-order valence-corrected chi connectivity index (χ0v) is 12.7. The summed E-state index contributed by atoms with van der Waals surface area (Å²) in [4.78, 5) is 0. The van der Waals surface area contributed by atoms with Crippen LogP contribution in [0.4, 0.5) is 0 Å². The highest BCUT2D eigenvalue weighted by Gasteiger charge is 2.56. The molecule has 1 aromatic rings. The van der Waals surface area contributed by atoms with E-state index >= 15 is 0 Å². The van der Waals surface area contributed by atoms with E-state index in [1.54, 1.807) is 18.9 Å². The Morgan fingerprint density at radius 3 is 2.50 bits per heavy atom. The zero-order chi connectivity index (χ0) is 14.2. The standard InChI is InChI=1S/C19H24O/c1-19(2)17(12-13-20-3)15-10-7-11-16(15)18(19)14-8-5-4-6-9-14/h4-6,8-9,12-13,15-16H,7,10-11H2,1-3H3/b13-12+. The number of hydrogen-bond donors (Lipinski definition) is 0. The van der Waals surface area contributed by atoms with Gasteiger partial charge in [-0.1, -0.05) is 50.6 Å². The van der Waals surface area contributed by atoms with Gasteiger partial charge in [0.15, 0.2) is 0 Å². The minimum Gasteiger partial charge on any atom is -0.505 e. The highest BCUT2D eigenvalue weighted by molar-refractivity contribution is 5.48. The van der Waals surface area contributed by atoms with E-state index in [4.69, 9.17) is 4.74 Å². The van der Waals surface area contributed by atoms with E-state index in [0.717, 1.165) is 5.92 Å². The Kier molecular flexibility index (Phi) is 3.62. The molecule has 3 rings (SSSR count). The molecule has 2 unspecified atom stereocenters. The summed E-state index contributed by atoms with van der Waals surface area (Å²) in [5, 5.41) is 0. The SMILES string of the molecule is CO/C=C/[C]1C2CCCC2[C](c2ccccc2)C1(C)C. The number of rotatable bonds is 3. The van der Waals surface area contributed by atoms with Crippen molar-refractivity contribution in [3.63, 3.8) is 0 Å². The molecule has 2 radical (unpaired) electrons. The number of allylic oxidation sites excluding steroid dienone is 1. The maximum absolute atomic E-state index is 5.18. The molecule has 1 aromatic carbocycles. The molecule has 2 atom stereocenters. The van der Waals surface area contributed by atoms with Crippen molar-refractivity contribution < 1.29 is 4.74 Å². The molecule has 0 amide bonds. The van der Waals surface area contributed by atoms with Crippen LogP contribution in [-0.2, 0) is 4.74 Å². The van der Waals surface area contributed by atoms with E-state index < -0.39 is 0 Å². The Bertz CT molecular complexity index is 474. The van der Waals surface area contributed by atoms with Crippen LogP contribution in [0.3, 0.4) is 0 Å². The molecule has 1 nitrogen and oxygen atoms in total. The molecule has 1 heteroatoms. The molecule has 0 N–H and O–H groups in total. The van der Waals surface area contributed by atoms with Crippen LogP contribution >= 0.6 is 0 Å². The maximum atomic E-state index is 5.18. The van der Waals surface area contributed by atoms with Crippen molar-refractivity contribution in [3.8, 4) is 0 Å². The summed E-state index contributed by atoms with van der Waals surface area (Å²) in [6, 6.07) is 11.0. The molecular weight excluding hydrogens is 244 g/mol. The molecule has 2 aliphatic rings. The van der Waals surface area contributed by atoms with Crippen LogP contribution in [0.5, 0.6) is 0 Å². The van der Waals surface area contributed by atoms with Gasteiger partial charge in [-0.3, -0.25) is 0 Å². The Labute approximate surface area is 123 Å². The molecule has 20 heavy (non-hydrogen) atoms. The third-order valence-electron chi connectivity index (χ3n) is 5.15. The van der Waals surface area contributed by atoms with Crippen molar-refractivity contribution >= 4 is 0 Å². The topological polar surface area (TPSA) is 9.23 Å². The fourth-order valence-corrected chi connectivity index (χ4v) is 4.43. The minimum absolute atomic E-state index is 0.145. The van der Waals surface area contributed by atoms with Crippen LogP contribution in [0.1, 0.15) is 38.7 Å². The Hall–Kier alpha value is -1.24. The number of hydrogen-bond acceptors (Lipinski definition) is 1.